The first-order valence-corrected chi connectivity index (χ1v) is 10.1. The Hall–Kier alpha value is -2.73. The van der Waals surface area contributed by atoms with Crippen molar-refractivity contribution >= 4 is 34.5 Å². The monoisotopic (exact) mass is 377 g/mol. The molecule has 5 nitrogen and oxygen atoms in total. The number of thioether (sulfide) groups is 1. The summed E-state index contributed by atoms with van der Waals surface area (Å²) in [6, 6.07) is 15.4. The molecule has 2 N–H and O–H groups in total. The van der Waals surface area contributed by atoms with E-state index in [4.69, 9.17) is 0 Å². The molecule has 1 aromatic heterocycles. The van der Waals surface area contributed by atoms with E-state index in [2.05, 4.69) is 16.4 Å². The highest BCUT2D eigenvalue weighted by Crippen LogP contribution is 2.47. The SMILES string of the molecule is O=C(NCCc1c[nH]c2ccccc12)[C@@H]1CS[C@@H]2c3ccccc3C(=O)N21. The van der Waals surface area contributed by atoms with Gasteiger partial charge in [0.1, 0.15) is 11.4 Å². The van der Waals surface area contributed by atoms with E-state index >= 15 is 0 Å². The summed E-state index contributed by atoms with van der Waals surface area (Å²) in [4.78, 5) is 30.5. The maximum Gasteiger partial charge on any atom is 0.256 e. The molecule has 0 unspecified atom stereocenters. The Morgan fingerprint density at radius 1 is 1.19 bits per heavy atom. The molecule has 0 saturated carbocycles. The van der Waals surface area contributed by atoms with Gasteiger partial charge in [0, 0.05) is 35.0 Å². The Morgan fingerprint density at radius 2 is 2.00 bits per heavy atom. The van der Waals surface area contributed by atoms with E-state index in [0.717, 1.165) is 23.1 Å². The lowest BCUT2D eigenvalue weighted by atomic mass is 10.1. The van der Waals surface area contributed by atoms with Crippen LogP contribution in [0.5, 0.6) is 0 Å². The minimum atomic E-state index is -0.400. The number of H-pyrrole nitrogens is 1. The number of para-hydroxylation sites is 1. The fraction of sp³-hybridized carbons (Fsp3) is 0.238. The van der Waals surface area contributed by atoms with E-state index in [0.29, 0.717) is 12.3 Å². The highest BCUT2D eigenvalue weighted by atomic mass is 32.2. The van der Waals surface area contributed by atoms with Gasteiger partial charge in [0.05, 0.1) is 0 Å². The average molecular weight is 377 g/mol. The number of nitrogens with one attached hydrogen (secondary N) is 2. The first-order chi connectivity index (χ1) is 13.2. The average Bonchev–Trinajstić information content (AvgIpc) is 3.38. The number of aromatic amines is 1. The molecule has 3 heterocycles. The molecule has 2 amide bonds. The van der Waals surface area contributed by atoms with Gasteiger partial charge in [0.15, 0.2) is 0 Å². The smallest absolute Gasteiger partial charge is 0.256 e. The van der Waals surface area contributed by atoms with E-state index in [1.807, 2.05) is 48.7 Å². The van der Waals surface area contributed by atoms with Gasteiger partial charge in [-0.3, -0.25) is 9.59 Å². The molecule has 2 atom stereocenters. The molecule has 136 valence electrons. The van der Waals surface area contributed by atoms with Gasteiger partial charge in [-0.15, -0.1) is 11.8 Å². The normalized spacial score (nSPS) is 20.7. The molecule has 1 fully saturated rings. The number of fused-ring (bicyclic) bond motifs is 4. The van der Waals surface area contributed by atoms with Crippen molar-refractivity contribution in [2.45, 2.75) is 17.8 Å². The quantitative estimate of drug-likeness (QED) is 0.734. The van der Waals surface area contributed by atoms with Crippen molar-refractivity contribution in [1.29, 1.82) is 0 Å². The molecule has 2 aromatic carbocycles. The number of carbonyl (C=O) groups is 2. The molecular weight excluding hydrogens is 358 g/mol. The fourth-order valence-corrected chi connectivity index (χ4v) is 5.48. The molecule has 3 aromatic rings. The van der Waals surface area contributed by atoms with E-state index in [1.165, 1.54) is 10.9 Å². The number of carbonyl (C=O) groups excluding carboxylic acids is 2. The van der Waals surface area contributed by atoms with Crippen LogP contribution in [-0.4, -0.2) is 40.0 Å². The zero-order chi connectivity index (χ0) is 18.4. The molecular formula is C21H19N3O2S. The summed E-state index contributed by atoms with van der Waals surface area (Å²) in [6.45, 7) is 0.557. The number of rotatable bonds is 4. The highest BCUT2D eigenvalue weighted by molar-refractivity contribution is 7.99. The van der Waals surface area contributed by atoms with Crippen LogP contribution in [0.15, 0.2) is 54.7 Å². The summed E-state index contributed by atoms with van der Waals surface area (Å²) in [5.41, 5.74) is 4.05. The lowest BCUT2D eigenvalue weighted by Crippen LogP contribution is -2.46. The Morgan fingerprint density at radius 3 is 2.93 bits per heavy atom. The standard InChI is InChI=1S/C21H19N3O2S/c25-19(22-10-9-13-11-23-17-8-4-3-5-14(13)17)18-12-27-21-16-7-2-1-6-15(16)20(26)24(18)21/h1-8,11,18,21,23H,9-10,12H2,(H,22,25)/t18-,21+/m0/s1. The Kier molecular flexibility index (Phi) is 3.93. The Labute approximate surface area is 161 Å². The van der Waals surface area contributed by atoms with Gasteiger partial charge in [-0.05, 0) is 29.7 Å². The van der Waals surface area contributed by atoms with E-state index in [1.54, 1.807) is 16.7 Å². The second-order valence-corrected chi connectivity index (χ2v) is 8.01. The molecule has 6 heteroatoms. The number of benzene rings is 2. The van der Waals surface area contributed by atoms with E-state index in [-0.39, 0.29) is 17.2 Å². The van der Waals surface area contributed by atoms with Crippen LogP contribution in [0.4, 0.5) is 0 Å². The number of nitrogens with zero attached hydrogens (tertiary/aromatic N) is 1. The van der Waals surface area contributed by atoms with Crippen LogP contribution in [0.25, 0.3) is 10.9 Å². The van der Waals surface area contributed by atoms with Crippen molar-refractivity contribution in [2.75, 3.05) is 12.3 Å². The van der Waals surface area contributed by atoms with Crippen LogP contribution in [0, 0.1) is 0 Å². The summed E-state index contributed by atoms with van der Waals surface area (Å²) in [5, 5.41) is 4.19. The maximum atomic E-state index is 12.8. The minimum absolute atomic E-state index is 0.0296. The Balaban J connectivity index is 1.25. The van der Waals surface area contributed by atoms with Gasteiger partial charge in [-0.1, -0.05) is 36.4 Å². The zero-order valence-corrected chi connectivity index (χ0v) is 15.5. The molecule has 0 spiro atoms. The number of hydrogen-bond donors (Lipinski definition) is 2. The molecule has 0 aliphatic carbocycles. The summed E-state index contributed by atoms with van der Waals surface area (Å²) in [7, 11) is 0. The summed E-state index contributed by atoms with van der Waals surface area (Å²) >= 11 is 1.67. The topological polar surface area (TPSA) is 65.2 Å². The second-order valence-electron chi connectivity index (χ2n) is 6.90. The zero-order valence-electron chi connectivity index (χ0n) is 14.6. The van der Waals surface area contributed by atoms with Gasteiger partial charge in [-0.2, -0.15) is 0 Å². The summed E-state index contributed by atoms with van der Waals surface area (Å²) in [6.07, 6.45) is 2.76. The van der Waals surface area contributed by atoms with Crippen LogP contribution in [-0.2, 0) is 11.2 Å². The second kappa shape index (κ2) is 6.46. The van der Waals surface area contributed by atoms with Crippen LogP contribution in [0.2, 0.25) is 0 Å². The Bertz CT molecular complexity index is 1040. The predicted molar refractivity (Wildman–Crippen MR) is 107 cm³/mol. The first kappa shape index (κ1) is 16.4. The molecule has 5 rings (SSSR count). The number of hydrogen-bond acceptors (Lipinski definition) is 3. The van der Waals surface area contributed by atoms with Gasteiger partial charge in [0.25, 0.3) is 5.91 Å². The molecule has 1 saturated heterocycles. The minimum Gasteiger partial charge on any atom is -0.361 e. The molecule has 0 radical (unpaired) electrons. The van der Waals surface area contributed by atoms with Gasteiger partial charge in [0.2, 0.25) is 5.91 Å². The van der Waals surface area contributed by atoms with Crippen molar-refractivity contribution in [3.63, 3.8) is 0 Å². The lowest BCUT2D eigenvalue weighted by Gasteiger charge is -2.22. The third-order valence-electron chi connectivity index (χ3n) is 5.36. The molecule has 27 heavy (non-hydrogen) atoms. The van der Waals surface area contributed by atoms with Crippen molar-refractivity contribution < 1.29 is 9.59 Å². The van der Waals surface area contributed by atoms with Crippen molar-refractivity contribution in [3.05, 3.63) is 71.4 Å². The predicted octanol–water partition coefficient (Wildman–Crippen LogP) is 3.10. The molecule has 2 aliphatic rings. The first-order valence-electron chi connectivity index (χ1n) is 9.10. The highest BCUT2D eigenvalue weighted by Gasteiger charge is 2.48. The van der Waals surface area contributed by atoms with Crippen molar-refractivity contribution in [2.24, 2.45) is 0 Å². The van der Waals surface area contributed by atoms with Crippen molar-refractivity contribution in [3.8, 4) is 0 Å². The third-order valence-corrected chi connectivity index (χ3v) is 6.67. The lowest BCUT2D eigenvalue weighted by molar-refractivity contribution is -0.124. The van der Waals surface area contributed by atoms with Crippen LogP contribution >= 0.6 is 11.8 Å². The van der Waals surface area contributed by atoms with Crippen LogP contribution in [0.1, 0.15) is 26.9 Å². The maximum absolute atomic E-state index is 12.8. The van der Waals surface area contributed by atoms with E-state index < -0.39 is 6.04 Å². The summed E-state index contributed by atoms with van der Waals surface area (Å²) in [5.74, 6) is 0.548. The van der Waals surface area contributed by atoms with Gasteiger partial charge >= 0.3 is 0 Å². The number of amides is 2. The van der Waals surface area contributed by atoms with Crippen LogP contribution < -0.4 is 5.32 Å². The number of aromatic nitrogens is 1. The largest absolute Gasteiger partial charge is 0.361 e. The fourth-order valence-electron chi connectivity index (χ4n) is 4.02. The van der Waals surface area contributed by atoms with Gasteiger partial charge in [-0.25, -0.2) is 0 Å². The van der Waals surface area contributed by atoms with E-state index in [9.17, 15) is 9.59 Å². The van der Waals surface area contributed by atoms with Gasteiger partial charge < -0.3 is 15.2 Å². The van der Waals surface area contributed by atoms with Crippen molar-refractivity contribution in [1.82, 2.24) is 15.2 Å². The van der Waals surface area contributed by atoms with Crippen LogP contribution in [0.3, 0.4) is 0 Å². The molecule has 2 aliphatic heterocycles. The molecule has 0 bridgehead atoms. The summed E-state index contributed by atoms with van der Waals surface area (Å²) < 4.78 is 0. The third kappa shape index (κ3) is 2.63.